The number of carbonyl (C=O) groups excluding carboxylic acids is 1. The standard InChI is InChI=1S/C18H21FN6O2/c19-16-13(12-27-18(26)23-17(20)21)2-1-3-15(16)25-10-8-24(9-11-25)14-4-6-22-7-5-14/h1-7H,8-12H2,(H4,20,21,23,26). The van der Waals surface area contributed by atoms with E-state index in [-0.39, 0.29) is 12.2 Å². The number of carbonyl (C=O) groups is 1. The second kappa shape index (κ2) is 8.35. The smallest absolute Gasteiger partial charge is 0.414 e. The molecule has 4 N–H and O–H groups in total. The van der Waals surface area contributed by atoms with Gasteiger partial charge in [0.05, 0.1) is 5.69 Å². The van der Waals surface area contributed by atoms with Gasteiger partial charge >= 0.3 is 6.09 Å². The van der Waals surface area contributed by atoms with Crippen LogP contribution in [0.3, 0.4) is 0 Å². The number of halogens is 1. The number of rotatable bonds is 4. The minimum absolute atomic E-state index is 0.240. The first-order valence-electron chi connectivity index (χ1n) is 8.49. The lowest BCUT2D eigenvalue weighted by Crippen LogP contribution is -2.46. The summed E-state index contributed by atoms with van der Waals surface area (Å²) in [5.41, 5.74) is 6.90. The first-order valence-corrected chi connectivity index (χ1v) is 8.49. The van der Waals surface area contributed by atoms with Crippen molar-refractivity contribution >= 4 is 23.4 Å². The third-order valence-electron chi connectivity index (χ3n) is 4.30. The van der Waals surface area contributed by atoms with Gasteiger partial charge in [-0.25, -0.2) is 9.18 Å². The Bertz CT molecular complexity index is 809. The molecule has 1 amide bonds. The van der Waals surface area contributed by atoms with E-state index >= 15 is 0 Å². The van der Waals surface area contributed by atoms with Gasteiger partial charge in [0.2, 0.25) is 0 Å². The van der Waals surface area contributed by atoms with Crippen LogP contribution in [-0.4, -0.2) is 43.2 Å². The molecular weight excluding hydrogens is 351 g/mol. The van der Waals surface area contributed by atoms with Crippen molar-refractivity contribution in [1.29, 1.82) is 5.41 Å². The molecule has 2 heterocycles. The lowest BCUT2D eigenvalue weighted by atomic mass is 10.1. The Balaban J connectivity index is 1.62. The van der Waals surface area contributed by atoms with Gasteiger partial charge in [-0.15, -0.1) is 0 Å². The topological polar surface area (TPSA) is 108 Å². The molecule has 0 bridgehead atoms. The number of benzene rings is 1. The van der Waals surface area contributed by atoms with Crippen LogP contribution in [0, 0.1) is 11.2 Å². The zero-order chi connectivity index (χ0) is 19.2. The second-order valence-electron chi connectivity index (χ2n) is 6.04. The van der Waals surface area contributed by atoms with Crippen molar-refractivity contribution in [3.63, 3.8) is 0 Å². The molecule has 142 valence electrons. The summed E-state index contributed by atoms with van der Waals surface area (Å²) in [6, 6.07) is 8.93. The second-order valence-corrected chi connectivity index (χ2v) is 6.04. The van der Waals surface area contributed by atoms with Crippen LogP contribution in [0.25, 0.3) is 0 Å². The highest BCUT2D eigenvalue weighted by Crippen LogP contribution is 2.25. The molecule has 8 nitrogen and oxygen atoms in total. The molecule has 0 radical (unpaired) electrons. The number of nitrogens with one attached hydrogen (secondary N) is 2. The number of anilines is 2. The van der Waals surface area contributed by atoms with Gasteiger partial charge in [-0.3, -0.25) is 15.7 Å². The number of nitrogens with zero attached hydrogens (tertiary/aromatic N) is 3. The van der Waals surface area contributed by atoms with Crippen LogP contribution in [0.4, 0.5) is 20.6 Å². The molecule has 1 saturated heterocycles. The van der Waals surface area contributed by atoms with E-state index in [0.717, 1.165) is 18.8 Å². The van der Waals surface area contributed by atoms with Crippen LogP contribution >= 0.6 is 0 Å². The minimum Gasteiger partial charge on any atom is -0.444 e. The van der Waals surface area contributed by atoms with Crippen LogP contribution in [-0.2, 0) is 11.3 Å². The predicted octanol–water partition coefficient (Wildman–Crippen LogP) is 1.67. The lowest BCUT2D eigenvalue weighted by Gasteiger charge is -2.37. The Hall–Kier alpha value is -3.36. The van der Waals surface area contributed by atoms with Crippen molar-refractivity contribution in [3.8, 4) is 0 Å². The Labute approximate surface area is 156 Å². The number of nitrogens with two attached hydrogens (primary N) is 1. The third-order valence-corrected chi connectivity index (χ3v) is 4.30. The number of ether oxygens (including phenoxy) is 1. The molecule has 9 heteroatoms. The van der Waals surface area contributed by atoms with Crippen LogP contribution < -0.4 is 20.9 Å². The van der Waals surface area contributed by atoms with Crippen molar-refractivity contribution in [1.82, 2.24) is 10.3 Å². The van der Waals surface area contributed by atoms with Crippen molar-refractivity contribution < 1.29 is 13.9 Å². The molecule has 27 heavy (non-hydrogen) atoms. The van der Waals surface area contributed by atoms with Crippen LogP contribution in [0.15, 0.2) is 42.7 Å². The fourth-order valence-electron chi connectivity index (χ4n) is 2.97. The summed E-state index contributed by atoms with van der Waals surface area (Å²) in [5, 5.41) is 8.96. The van der Waals surface area contributed by atoms with Gasteiger partial charge in [-0.1, -0.05) is 12.1 Å². The summed E-state index contributed by atoms with van der Waals surface area (Å²) < 4.78 is 19.7. The van der Waals surface area contributed by atoms with Gasteiger partial charge in [0.1, 0.15) is 6.61 Å². The fraction of sp³-hybridized carbons (Fsp3) is 0.278. The molecule has 1 aromatic heterocycles. The van der Waals surface area contributed by atoms with Gasteiger partial charge < -0.3 is 20.3 Å². The molecule has 1 aliphatic rings. The van der Waals surface area contributed by atoms with Gasteiger partial charge in [0, 0.05) is 49.8 Å². The summed E-state index contributed by atoms with van der Waals surface area (Å²) in [6.45, 7) is 2.65. The monoisotopic (exact) mass is 372 g/mol. The molecule has 0 aliphatic carbocycles. The Kier molecular flexibility index (Phi) is 5.70. The maximum absolute atomic E-state index is 14.8. The molecule has 2 aromatic rings. The number of hydrogen-bond acceptors (Lipinski definition) is 6. The quantitative estimate of drug-likeness (QED) is 0.557. The number of guanidine groups is 1. The normalized spacial score (nSPS) is 14.0. The molecule has 1 aromatic carbocycles. The predicted molar refractivity (Wildman–Crippen MR) is 100 cm³/mol. The number of pyridine rings is 1. The maximum atomic E-state index is 14.8. The van der Waals surface area contributed by atoms with Crippen LogP contribution in [0.5, 0.6) is 0 Å². The van der Waals surface area contributed by atoms with E-state index in [2.05, 4.69) is 9.88 Å². The molecule has 1 aliphatic heterocycles. The van der Waals surface area contributed by atoms with Gasteiger partial charge in [-0.2, -0.15) is 0 Å². The van der Waals surface area contributed by atoms with Gasteiger partial charge in [0.15, 0.2) is 11.8 Å². The van der Waals surface area contributed by atoms with Crippen molar-refractivity contribution in [2.45, 2.75) is 6.61 Å². The highest BCUT2D eigenvalue weighted by atomic mass is 19.1. The van der Waals surface area contributed by atoms with Crippen LogP contribution in [0.2, 0.25) is 0 Å². The third kappa shape index (κ3) is 4.63. The summed E-state index contributed by atoms with van der Waals surface area (Å²) in [7, 11) is 0. The maximum Gasteiger partial charge on any atom is 0.414 e. The highest BCUT2D eigenvalue weighted by Gasteiger charge is 2.21. The number of alkyl carbamates (subject to hydrolysis) is 1. The number of amides is 1. The van der Waals surface area contributed by atoms with E-state index in [1.807, 2.05) is 22.3 Å². The average Bonchev–Trinajstić information content (AvgIpc) is 2.67. The Morgan fingerprint density at radius 1 is 1.19 bits per heavy atom. The van der Waals surface area contributed by atoms with E-state index in [9.17, 15) is 9.18 Å². The lowest BCUT2D eigenvalue weighted by molar-refractivity contribution is 0.143. The van der Waals surface area contributed by atoms with Gasteiger partial charge in [-0.05, 0) is 18.2 Å². The first-order chi connectivity index (χ1) is 13.0. The van der Waals surface area contributed by atoms with E-state index in [1.54, 1.807) is 30.6 Å². The molecule has 1 fully saturated rings. The molecule has 3 rings (SSSR count). The number of piperazine rings is 1. The SMILES string of the molecule is N=C(N)NC(=O)OCc1cccc(N2CCN(c3ccncc3)CC2)c1F. The zero-order valence-corrected chi connectivity index (χ0v) is 14.7. The van der Waals surface area contributed by atoms with Crippen molar-refractivity contribution in [2.24, 2.45) is 5.73 Å². The Morgan fingerprint density at radius 3 is 2.52 bits per heavy atom. The van der Waals surface area contributed by atoms with E-state index in [4.69, 9.17) is 15.9 Å². The molecule has 0 unspecified atom stereocenters. The number of hydrogen-bond donors (Lipinski definition) is 3. The largest absolute Gasteiger partial charge is 0.444 e. The van der Waals surface area contributed by atoms with Gasteiger partial charge in [0.25, 0.3) is 0 Å². The molecular formula is C18H21FN6O2. The summed E-state index contributed by atoms with van der Waals surface area (Å²) in [6.07, 6.45) is 2.62. The molecule has 0 spiro atoms. The van der Waals surface area contributed by atoms with Crippen molar-refractivity contribution in [3.05, 3.63) is 54.1 Å². The summed E-state index contributed by atoms with van der Waals surface area (Å²) in [4.78, 5) is 19.6. The fourth-order valence-corrected chi connectivity index (χ4v) is 2.97. The molecule has 0 saturated carbocycles. The minimum atomic E-state index is -0.890. The van der Waals surface area contributed by atoms with E-state index < -0.39 is 17.9 Å². The number of aromatic nitrogens is 1. The average molecular weight is 372 g/mol. The van der Waals surface area contributed by atoms with Crippen molar-refractivity contribution in [2.75, 3.05) is 36.0 Å². The summed E-state index contributed by atoms with van der Waals surface area (Å²) in [5.74, 6) is -0.938. The summed E-state index contributed by atoms with van der Waals surface area (Å²) >= 11 is 0. The zero-order valence-electron chi connectivity index (χ0n) is 14.7. The van der Waals surface area contributed by atoms with E-state index in [0.29, 0.717) is 18.8 Å². The Morgan fingerprint density at radius 2 is 1.85 bits per heavy atom. The first kappa shape index (κ1) is 18.4. The van der Waals surface area contributed by atoms with E-state index in [1.165, 1.54) is 0 Å². The molecule has 0 atom stereocenters. The van der Waals surface area contributed by atoms with Crippen LogP contribution in [0.1, 0.15) is 5.56 Å². The highest BCUT2D eigenvalue weighted by molar-refractivity contribution is 5.90.